The lowest BCUT2D eigenvalue weighted by molar-refractivity contribution is 0.546. The molecule has 2 aromatic rings. The van der Waals surface area contributed by atoms with Crippen LogP contribution in [0.15, 0.2) is 18.6 Å². The zero-order chi connectivity index (χ0) is 11.2. The van der Waals surface area contributed by atoms with Gasteiger partial charge in [-0.1, -0.05) is 0 Å². The van der Waals surface area contributed by atoms with E-state index in [0.29, 0.717) is 11.0 Å². The Morgan fingerprint density at radius 1 is 1.50 bits per heavy atom. The number of aromatic nitrogens is 4. The van der Waals surface area contributed by atoms with Gasteiger partial charge in [0.15, 0.2) is 5.65 Å². The summed E-state index contributed by atoms with van der Waals surface area (Å²) in [6.45, 7) is 3.81. The zero-order valence-electron chi connectivity index (χ0n) is 9.87. The number of fused-ring (bicyclic) bond motifs is 1. The molecular formula is C8H10N4. The van der Waals surface area contributed by atoms with Gasteiger partial charge in [-0.2, -0.15) is 5.10 Å². The van der Waals surface area contributed by atoms with Crippen LogP contribution < -0.4 is 0 Å². The van der Waals surface area contributed by atoms with Gasteiger partial charge in [0, 0.05) is 12.2 Å². The smallest absolute Gasteiger partial charge is 0.161 e. The molecule has 0 aliphatic rings. The largest absolute Gasteiger partial charge is 0.245 e. The fourth-order valence-corrected chi connectivity index (χ4v) is 1.01. The molecule has 0 atom stereocenters. The predicted octanol–water partition coefficient (Wildman–Crippen LogP) is 1.41. The Morgan fingerprint density at radius 2 is 2.33 bits per heavy atom. The Bertz CT molecular complexity index is 520. The van der Waals surface area contributed by atoms with Gasteiger partial charge in [-0.3, -0.25) is 0 Å². The quantitative estimate of drug-likeness (QED) is 0.646. The molecule has 0 aliphatic carbocycles. The summed E-state index contributed by atoms with van der Waals surface area (Å²) in [5.41, 5.74) is 0.389. The van der Waals surface area contributed by atoms with Gasteiger partial charge >= 0.3 is 0 Å². The molecule has 0 saturated carbocycles. The second-order valence-corrected chi connectivity index (χ2v) is 2.78. The highest BCUT2D eigenvalue weighted by atomic mass is 15.3. The third kappa shape index (κ3) is 0.958. The minimum Gasteiger partial charge on any atom is -0.245 e. The molecule has 0 saturated heterocycles. The van der Waals surface area contributed by atoms with Crippen LogP contribution in [0.25, 0.3) is 11.0 Å². The van der Waals surface area contributed by atoms with E-state index in [2.05, 4.69) is 15.1 Å². The lowest BCUT2D eigenvalue weighted by Crippen LogP contribution is -2.02. The molecule has 12 heavy (non-hydrogen) atoms. The number of hydrogen-bond acceptors (Lipinski definition) is 3. The van der Waals surface area contributed by atoms with Crippen LogP contribution >= 0.6 is 0 Å². The second-order valence-electron chi connectivity index (χ2n) is 2.78. The van der Waals surface area contributed by atoms with E-state index in [1.165, 1.54) is 4.68 Å². The highest BCUT2D eigenvalue weighted by Gasteiger charge is 2.05. The van der Waals surface area contributed by atoms with Crippen molar-refractivity contribution in [1.82, 2.24) is 19.7 Å². The van der Waals surface area contributed by atoms with E-state index in [9.17, 15) is 0 Å². The third-order valence-corrected chi connectivity index (χ3v) is 1.57. The molecule has 0 N–H and O–H groups in total. The molecule has 0 spiro atoms. The van der Waals surface area contributed by atoms with E-state index in [4.69, 9.17) is 4.11 Å². The van der Waals surface area contributed by atoms with Crippen molar-refractivity contribution >= 4 is 11.0 Å². The molecule has 4 nitrogen and oxygen atoms in total. The average molecular weight is 168 g/mol. The highest BCUT2D eigenvalue weighted by Crippen LogP contribution is 2.12. The summed E-state index contributed by atoms with van der Waals surface area (Å²) >= 11 is 0. The van der Waals surface area contributed by atoms with Crippen molar-refractivity contribution in [1.29, 1.82) is 0 Å². The third-order valence-electron chi connectivity index (χ3n) is 1.57. The number of hydrogen-bond donors (Lipinski definition) is 0. The van der Waals surface area contributed by atoms with Crippen LogP contribution in [0.5, 0.6) is 0 Å². The molecule has 0 fully saturated rings. The summed E-state index contributed by atoms with van der Waals surface area (Å²) in [5, 5.41) is 4.27. The van der Waals surface area contributed by atoms with Crippen molar-refractivity contribution < 1.29 is 4.11 Å². The van der Waals surface area contributed by atoms with Crippen molar-refractivity contribution in [2.45, 2.75) is 19.9 Å². The number of nitrogens with zero attached hydrogens (tertiary/aromatic N) is 4. The van der Waals surface area contributed by atoms with Gasteiger partial charge in [-0.15, -0.1) is 0 Å². The van der Waals surface area contributed by atoms with Crippen LogP contribution in [0.4, 0.5) is 0 Å². The lowest BCUT2D eigenvalue weighted by Gasteiger charge is -2.04. The minimum absolute atomic E-state index is 0.0105. The Labute approximate surface area is 74.5 Å². The molecule has 0 aliphatic heterocycles. The van der Waals surface area contributed by atoms with E-state index in [1.807, 2.05) is 13.8 Å². The Balaban J connectivity index is 2.87. The van der Waals surface area contributed by atoms with Gasteiger partial charge in [-0.05, 0) is 13.8 Å². The van der Waals surface area contributed by atoms with Gasteiger partial charge < -0.3 is 0 Å². The van der Waals surface area contributed by atoms with E-state index >= 15 is 0 Å². The fraction of sp³-hybridized carbons (Fsp3) is 0.375. The van der Waals surface area contributed by atoms with Crippen LogP contribution in [-0.4, -0.2) is 19.7 Å². The highest BCUT2D eigenvalue weighted by molar-refractivity contribution is 5.72. The summed E-state index contributed by atoms with van der Waals surface area (Å²) in [4.78, 5) is 7.48. The molecule has 0 aromatic carbocycles. The van der Waals surface area contributed by atoms with Crippen molar-refractivity contribution in [3.63, 3.8) is 0 Å². The summed E-state index contributed by atoms with van der Waals surface area (Å²) in [7, 11) is 0. The summed E-state index contributed by atoms with van der Waals surface area (Å²) in [5.74, 6) is 0. The number of rotatable bonds is 1. The maximum atomic E-state index is 7.60. The molecule has 0 radical (unpaired) electrons. The van der Waals surface area contributed by atoms with Crippen LogP contribution in [0.1, 0.15) is 24.0 Å². The molecule has 2 rings (SSSR count). The Morgan fingerprint density at radius 3 is 3.08 bits per heavy atom. The summed E-state index contributed by atoms with van der Waals surface area (Å²) < 4.78 is 24.0. The lowest BCUT2D eigenvalue weighted by atomic mass is 10.4. The van der Waals surface area contributed by atoms with E-state index in [-0.39, 0.29) is 24.7 Å². The summed E-state index contributed by atoms with van der Waals surface area (Å²) in [6, 6.07) is 0.0419. The Kier molecular flexibility index (Phi) is 0.965. The summed E-state index contributed by atoms with van der Waals surface area (Å²) in [6.07, 6.45) is -0.333. The van der Waals surface area contributed by atoms with Crippen LogP contribution in [0.2, 0.25) is 0 Å². The van der Waals surface area contributed by atoms with Crippen molar-refractivity contribution in [2.75, 3.05) is 0 Å². The average Bonchev–Trinajstić information content (AvgIpc) is 2.42. The van der Waals surface area contributed by atoms with Crippen LogP contribution in [0.3, 0.4) is 0 Å². The normalized spacial score (nSPS) is 14.8. The van der Waals surface area contributed by atoms with Gasteiger partial charge in [0.25, 0.3) is 0 Å². The van der Waals surface area contributed by atoms with Gasteiger partial charge in [-0.25, -0.2) is 14.6 Å². The van der Waals surface area contributed by atoms with Crippen LogP contribution in [0, 0.1) is 0 Å². The first-order valence-corrected chi connectivity index (χ1v) is 3.70. The molecular weight excluding hydrogens is 152 g/mol. The SMILES string of the molecule is [3H]c1nc([3H])c2c([3H])nn(C(C)C)c2n1. The van der Waals surface area contributed by atoms with Crippen molar-refractivity contribution in [3.05, 3.63) is 18.6 Å². The van der Waals surface area contributed by atoms with E-state index in [1.54, 1.807) is 0 Å². The monoisotopic (exact) mass is 168 g/mol. The fourth-order valence-electron chi connectivity index (χ4n) is 1.01. The topological polar surface area (TPSA) is 43.6 Å². The van der Waals surface area contributed by atoms with E-state index < -0.39 is 0 Å². The van der Waals surface area contributed by atoms with Crippen molar-refractivity contribution in [2.24, 2.45) is 0 Å². The molecule has 4 heteroatoms. The van der Waals surface area contributed by atoms with Gasteiger partial charge in [0.2, 0.25) is 0 Å². The van der Waals surface area contributed by atoms with E-state index in [0.717, 1.165) is 0 Å². The first-order valence-electron chi connectivity index (χ1n) is 5.20. The molecule has 0 amide bonds. The van der Waals surface area contributed by atoms with Gasteiger partial charge in [0.1, 0.15) is 7.67 Å². The molecule has 0 bridgehead atoms. The molecule has 62 valence electrons. The second kappa shape index (κ2) is 2.55. The first kappa shape index (κ1) is 4.54. The van der Waals surface area contributed by atoms with Crippen LogP contribution in [-0.2, 0) is 0 Å². The minimum atomic E-state index is -0.214. The molecule has 2 heterocycles. The zero-order valence-corrected chi connectivity index (χ0v) is 6.87. The maximum absolute atomic E-state index is 7.60. The predicted molar refractivity (Wildman–Crippen MR) is 45.7 cm³/mol. The van der Waals surface area contributed by atoms with Gasteiger partial charge in [0.05, 0.1) is 14.3 Å². The van der Waals surface area contributed by atoms with Crippen molar-refractivity contribution in [3.8, 4) is 0 Å². The standard InChI is InChI=1S/C8H10N4/c1-6(2)12-8-7(4-11-12)3-9-5-10-8/h3-6H,1-2H3/i3T,4T,5T. The first-order chi connectivity index (χ1) is 7.00. The Hall–Kier alpha value is -1.45. The molecule has 2 aromatic heterocycles. The maximum Gasteiger partial charge on any atom is 0.161 e. The molecule has 0 unspecified atom stereocenters.